The number of phenolic OH excluding ortho intramolecular Hbond substituents is 4. The molecule has 6 N–H and O–H groups in total. The van der Waals surface area contributed by atoms with Crippen molar-refractivity contribution >= 4 is 23.6 Å². The molecule has 3 aliphatic rings. The number of rotatable bonds is 7. The number of amides is 1. The summed E-state index contributed by atoms with van der Waals surface area (Å²) in [4.78, 5) is 53.1. The van der Waals surface area contributed by atoms with Crippen LogP contribution in [0.25, 0.3) is 0 Å². The first-order valence-electron chi connectivity index (χ1n) is 13.2. The molecule has 3 aromatic rings. The van der Waals surface area contributed by atoms with Gasteiger partial charge in [0, 0.05) is 18.0 Å². The van der Waals surface area contributed by atoms with Gasteiger partial charge in [-0.15, -0.1) is 0 Å². The Hall–Kier alpha value is -5.10. The number of carbonyl (C=O) groups excluding carboxylic acids is 3. The van der Waals surface area contributed by atoms with E-state index in [0.29, 0.717) is 12.1 Å². The average Bonchev–Trinajstić information content (AvgIpc) is 3.20. The largest absolute Gasteiger partial charge is 0.508 e. The topological polar surface area (TPSA) is 194 Å². The Labute approximate surface area is 239 Å². The normalized spacial score (nSPS) is 21.2. The first kappa shape index (κ1) is 28.4. The summed E-state index contributed by atoms with van der Waals surface area (Å²) in [6, 6.07) is 10.4. The summed E-state index contributed by atoms with van der Waals surface area (Å²) in [5.41, 5.74) is -1.84. The summed E-state index contributed by atoms with van der Waals surface area (Å²) in [5.74, 6) is -6.36. The number of aromatic hydroxyl groups is 4. The van der Waals surface area contributed by atoms with E-state index in [-0.39, 0.29) is 17.2 Å². The number of aromatic carboxylic acids is 1. The molecule has 0 aliphatic carbocycles. The number of benzene rings is 3. The highest BCUT2D eigenvalue weighted by atomic mass is 16.5. The Bertz CT molecular complexity index is 1540. The lowest BCUT2D eigenvalue weighted by molar-refractivity contribution is 0.00291. The van der Waals surface area contributed by atoms with Gasteiger partial charge >= 0.3 is 11.9 Å². The fourth-order valence-corrected chi connectivity index (χ4v) is 5.58. The minimum atomic E-state index is -1.51. The molecule has 2 bridgehead atoms. The van der Waals surface area contributed by atoms with Gasteiger partial charge in [0.05, 0.1) is 22.7 Å². The van der Waals surface area contributed by atoms with Crippen LogP contribution in [0.3, 0.4) is 0 Å². The van der Waals surface area contributed by atoms with Gasteiger partial charge in [-0.2, -0.15) is 0 Å². The van der Waals surface area contributed by atoms with Gasteiger partial charge in [0.15, 0.2) is 0 Å². The molecule has 3 saturated heterocycles. The van der Waals surface area contributed by atoms with Gasteiger partial charge in [-0.25, -0.2) is 9.59 Å². The van der Waals surface area contributed by atoms with E-state index in [1.807, 2.05) is 0 Å². The average molecular weight is 577 g/mol. The van der Waals surface area contributed by atoms with Crippen LogP contribution in [0, 0.1) is 5.92 Å². The molecular formula is C30H28N2O10. The zero-order chi connectivity index (χ0) is 30.1. The van der Waals surface area contributed by atoms with Crippen molar-refractivity contribution in [3.05, 3.63) is 82.4 Å². The zero-order valence-corrected chi connectivity index (χ0v) is 22.2. The summed E-state index contributed by atoms with van der Waals surface area (Å²) in [5, 5.41) is 53.3. The summed E-state index contributed by atoms with van der Waals surface area (Å²) in [7, 11) is 0. The molecule has 0 saturated carbocycles. The fraction of sp³-hybridized carbons (Fsp3) is 0.267. The number of fused-ring (bicyclic) bond motifs is 4. The van der Waals surface area contributed by atoms with E-state index < -0.39 is 69.7 Å². The Balaban J connectivity index is 1.40. The van der Waals surface area contributed by atoms with Gasteiger partial charge in [0.1, 0.15) is 34.7 Å². The third kappa shape index (κ3) is 5.56. The number of nitrogens with one attached hydrogen (secondary N) is 1. The number of esters is 1. The molecule has 3 fully saturated rings. The fourth-order valence-electron chi connectivity index (χ4n) is 5.58. The number of nitrogens with zero attached hydrogens (tertiary/aromatic N) is 1. The summed E-state index contributed by atoms with van der Waals surface area (Å²) in [6.07, 6.45) is 0.705. The Kier molecular flexibility index (Phi) is 7.72. The van der Waals surface area contributed by atoms with E-state index in [0.717, 1.165) is 50.2 Å². The molecule has 3 heterocycles. The minimum Gasteiger partial charge on any atom is -0.508 e. The van der Waals surface area contributed by atoms with Crippen molar-refractivity contribution in [2.24, 2.45) is 5.92 Å². The Morgan fingerprint density at radius 1 is 0.810 bits per heavy atom. The van der Waals surface area contributed by atoms with Crippen molar-refractivity contribution in [3.8, 4) is 23.0 Å². The predicted octanol–water partition coefficient (Wildman–Crippen LogP) is 2.49. The lowest BCUT2D eigenvalue weighted by Gasteiger charge is -2.30. The van der Waals surface area contributed by atoms with Crippen LogP contribution in [-0.2, 0) is 4.74 Å². The van der Waals surface area contributed by atoms with Crippen LogP contribution in [-0.4, -0.2) is 85.8 Å². The maximum Gasteiger partial charge on any atom is 0.338 e. The van der Waals surface area contributed by atoms with Crippen LogP contribution in [0.15, 0.2) is 54.6 Å². The van der Waals surface area contributed by atoms with Gasteiger partial charge < -0.3 is 40.5 Å². The second-order valence-corrected chi connectivity index (χ2v) is 10.4. The molecule has 1 amide bonds. The second kappa shape index (κ2) is 11.4. The van der Waals surface area contributed by atoms with Crippen LogP contribution in [0.5, 0.6) is 23.0 Å². The van der Waals surface area contributed by atoms with Crippen LogP contribution in [0.1, 0.15) is 59.8 Å². The molecule has 3 aromatic carbocycles. The second-order valence-electron chi connectivity index (χ2n) is 10.4. The quantitative estimate of drug-likeness (QED) is 0.179. The molecule has 2 atom stereocenters. The minimum absolute atomic E-state index is 0.0131. The van der Waals surface area contributed by atoms with Gasteiger partial charge in [-0.1, -0.05) is 6.07 Å². The maximum absolute atomic E-state index is 13.3. The molecule has 218 valence electrons. The number of hydrogen-bond acceptors (Lipinski definition) is 10. The van der Waals surface area contributed by atoms with Crippen molar-refractivity contribution in [2.45, 2.75) is 25.0 Å². The van der Waals surface area contributed by atoms with E-state index in [1.54, 1.807) is 0 Å². The maximum atomic E-state index is 13.3. The third-order valence-corrected chi connectivity index (χ3v) is 7.70. The van der Waals surface area contributed by atoms with Crippen molar-refractivity contribution in [3.63, 3.8) is 0 Å². The molecule has 42 heavy (non-hydrogen) atoms. The van der Waals surface area contributed by atoms with Crippen molar-refractivity contribution < 1.29 is 49.4 Å². The molecule has 3 aliphatic heterocycles. The summed E-state index contributed by atoms with van der Waals surface area (Å²) >= 11 is 0. The third-order valence-electron chi connectivity index (χ3n) is 7.70. The van der Waals surface area contributed by atoms with Gasteiger partial charge in [-0.05, 0) is 74.5 Å². The number of phenols is 4. The number of piperidine rings is 1. The van der Waals surface area contributed by atoms with E-state index in [9.17, 15) is 44.7 Å². The first-order chi connectivity index (χ1) is 20.0. The van der Waals surface area contributed by atoms with Crippen molar-refractivity contribution in [2.75, 3.05) is 19.6 Å². The van der Waals surface area contributed by atoms with E-state index >= 15 is 0 Å². The van der Waals surface area contributed by atoms with E-state index in [4.69, 9.17) is 4.74 Å². The lowest BCUT2D eigenvalue weighted by atomic mass is 9.90. The lowest BCUT2D eigenvalue weighted by Crippen LogP contribution is -2.50. The molecule has 0 aromatic heterocycles. The molecule has 0 radical (unpaired) electrons. The monoisotopic (exact) mass is 576 g/mol. The van der Waals surface area contributed by atoms with Crippen LogP contribution in [0.4, 0.5) is 0 Å². The van der Waals surface area contributed by atoms with E-state index in [2.05, 4.69) is 10.2 Å². The van der Waals surface area contributed by atoms with Gasteiger partial charge in [-0.3, -0.25) is 9.59 Å². The molecule has 0 spiro atoms. The number of carboxylic acids is 1. The summed E-state index contributed by atoms with van der Waals surface area (Å²) in [6.45, 7) is 1.94. The first-order valence-corrected chi connectivity index (χ1v) is 13.2. The van der Waals surface area contributed by atoms with Crippen molar-refractivity contribution in [1.29, 1.82) is 0 Å². The summed E-state index contributed by atoms with van der Waals surface area (Å²) < 4.78 is 5.88. The van der Waals surface area contributed by atoms with Gasteiger partial charge in [0.25, 0.3) is 5.91 Å². The molecule has 6 rings (SSSR count). The van der Waals surface area contributed by atoms with Crippen LogP contribution >= 0.6 is 0 Å². The number of ketones is 1. The number of hydrogen-bond donors (Lipinski definition) is 6. The predicted molar refractivity (Wildman–Crippen MR) is 146 cm³/mol. The number of carbonyl (C=O) groups is 4. The van der Waals surface area contributed by atoms with Crippen LogP contribution < -0.4 is 5.32 Å². The highest BCUT2D eigenvalue weighted by molar-refractivity contribution is 6.18. The Morgan fingerprint density at radius 2 is 1.45 bits per heavy atom. The standard InChI is InChI=1S/C30H28N2O10/c33-18-6-4-16(5-7-18)28(38)31-20-14-32-10-8-15(9-11-32)27(20)42-30(41)17-12-22(35)25(23(36)13-17)26(37)24-19(29(39)40)2-1-3-21(24)34/h1-7,12-13,15,20,27,33-36H,8-11,14H2,(H,31,38)(H,39,40)/t20-,27-/m0/s1. The van der Waals surface area contributed by atoms with Gasteiger partial charge in [0.2, 0.25) is 5.78 Å². The molecule has 0 unspecified atom stereocenters. The zero-order valence-electron chi connectivity index (χ0n) is 22.2. The molecular weight excluding hydrogens is 548 g/mol. The highest BCUT2D eigenvalue weighted by Crippen LogP contribution is 2.36. The highest BCUT2D eigenvalue weighted by Gasteiger charge is 2.41. The van der Waals surface area contributed by atoms with E-state index in [1.165, 1.54) is 30.3 Å². The Morgan fingerprint density at radius 3 is 2.07 bits per heavy atom. The van der Waals surface area contributed by atoms with Crippen molar-refractivity contribution in [1.82, 2.24) is 10.2 Å². The molecule has 12 nitrogen and oxygen atoms in total. The number of ether oxygens (including phenoxy) is 1. The SMILES string of the molecule is O=C(N[C@H]1CN2CCC(CC2)[C@@H]1OC(=O)c1cc(O)c(C(=O)c2c(O)cccc2C(=O)O)c(O)c1)c1ccc(O)cc1. The van der Waals surface area contributed by atoms with Crippen LogP contribution in [0.2, 0.25) is 0 Å². The molecule has 12 heteroatoms. The smallest absolute Gasteiger partial charge is 0.338 e. The number of carboxylic acid groups (broad SMARTS) is 1.